The zero-order valence-electron chi connectivity index (χ0n) is 12.1. The monoisotopic (exact) mass is 314 g/mol. The molecule has 0 aliphatic rings. The molecule has 5 nitrogen and oxygen atoms in total. The van der Waals surface area contributed by atoms with Crippen molar-refractivity contribution in [2.75, 3.05) is 0 Å². The highest BCUT2D eigenvalue weighted by Crippen LogP contribution is 2.21. The molecule has 2 heterocycles. The van der Waals surface area contributed by atoms with Gasteiger partial charge in [-0.25, -0.2) is 9.78 Å². The minimum Gasteiger partial charge on any atom is -0.450 e. The first-order valence-corrected chi connectivity index (χ1v) is 7.68. The summed E-state index contributed by atoms with van der Waals surface area (Å²) >= 11 is 1.33. The summed E-state index contributed by atoms with van der Waals surface area (Å²) in [5, 5.41) is 2.35. The number of nitrogens with one attached hydrogen (secondary N) is 1. The van der Waals surface area contributed by atoms with E-state index in [1.165, 1.54) is 11.3 Å². The third kappa shape index (κ3) is 2.65. The largest absolute Gasteiger partial charge is 0.450 e. The molecule has 112 valence electrons. The lowest BCUT2D eigenvalue weighted by Crippen LogP contribution is -2.17. The van der Waals surface area contributed by atoms with Gasteiger partial charge in [-0.1, -0.05) is 12.1 Å². The lowest BCUT2D eigenvalue weighted by molar-refractivity contribution is 0.0325. The number of aryl methyl sites for hydroxylation is 1. The summed E-state index contributed by atoms with van der Waals surface area (Å²) in [7, 11) is 0. The molecular formula is C16H14N2O3S. The number of thiophene rings is 1. The van der Waals surface area contributed by atoms with Gasteiger partial charge in [0, 0.05) is 0 Å². The number of aromatic nitrogens is 2. The number of fused-ring (bicyclic) bond motifs is 1. The number of ether oxygens (including phenoxy) is 1. The van der Waals surface area contributed by atoms with Gasteiger partial charge < -0.3 is 9.72 Å². The summed E-state index contributed by atoms with van der Waals surface area (Å²) in [5.74, 6) is -0.0675. The van der Waals surface area contributed by atoms with Crippen LogP contribution in [-0.2, 0) is 4.74 Å². The smallest absolute Gasteiger partial charge is 0.349 e. The van der Waals surface area contributed by atoms with Crippen molar-refractivity contribution in [3.8, 4) is 0 Å². The second-order valence-corrected chi connectivity index (χ2v) is 5.86. The molecule has 0 saturated heterocycles. The topological polar surface area (TPSA) is 72.0 Å². The fourth-order valence-corrected chi connectivity index (χ4v) is 2.96. The van der Waals surface area contributed by atoms with Crippen LogP contribution >= 0.6 is 11.3 Å². The molecule has 0 aliphatic carbocycles. The van der Waals surface area contributed by atoms with Crippen molar-refractivity contribution in [1.82, 2.24) is 9.97 Å². The van der Waals surface area contributed by atoms with E-state index in [0.29, 0.717) is 21.6 Å². The summed E-state index contributed by atoms with van der Waals surface area (Å²) in [6.45, 7) is 3.54. The summed E-state index contributed by atoms with van der Waals surface area (Å²) < 4.78 is 5.40. The molecule has 1 aromatic carbocycles. The van der Waals surface area contributed by atoms with E-state index in [2.05, 4.69) is 9.97 Å². The van der Waals surface area contributed by atoms with Crippen molar-refractivity contribution in [1.29, 1.82) is 0 Å². The molecule has 3 aromatic rings. The van der Waals surface area contributed by atoms with E-state index in [4.69, 9.17) is 4.74 Å². The number of esters is 1. The third-order valence-electron chi connectivity index (χ3n) is 3.35. The molecule has 0 bridgehead atoms. The van der Waals surface area contributed by atoms with E-state index in [9.17, 15) is 9.59 Å². The number of aromatic amines is 1. The van der Waals surface area contributed by atoms with Crippen molar-refractivity contribution >= 4 is 28.2 Å². The van der Waals surface area contributed by atoms with Crippen molar-refractivity contribution in [2.45, 2.75) is 20.0 Å². The zero-order chi connectivity index (χ0) is 15.7. The Balaban J connectivity index is 1.89. The van der Waals surface area contributed by atoms with Gasteiger partial charge in [0.05, 0.1) is 10.9 Å². The summed E-state index contributed by atoms with van der Waals surface area (Å²) in [4.78, 5) is 31.8. The quantitative estimate of drug-likeness (QED) is 0.753. The molecule has 0 amide bonds. The van der Waals surface area contributed by atoms with E-state index in [-0.39, 0.29) is 5.56 Å². The van der Waals surface area contributed by atoms with E-state index >= 15 is 0 Å². The van der Waals surface area contributed by atoms with Gasteiger partial charge in [-0.05, 0) is 43.0 Å². The van der Waals surface area contributed by atoms with Crippen LogP contribution in [0.1, 0.15) is 34.1 Å². The fraction of sp³-hybridized carbons (Fsp3) is 0.188. The average molecular weight is 314 g/mol. The van der Waals surface area contributed by atoms with Gasteiger partial charge in [-0.3, -0.25) is 4.79 Å². The molecule has 2 aromatic heterocycles. The molecule has 1 atom stereocenters. The highest BCUT2D eigenvalue weighted by Gasteiger charge is 2.18. The Kier molecular flexibility index (Phi) is 3.77. The van der Waals surface area contributed by atoms with Crippen LogP contribution in [-0.4, -0.2) is 15.9 Å². The SMILES string of the molecule is Cc1ccsc1C(=O)OC(C)c1nc2ccccc2c(=O)[nH]1. The van der Waals surface area contributed by atoms with E-state index in [1.807, 2.05) is 24.4 Å². The number of carbonyl (C=O) groups excluding carboxylic acids is 1. The Bertz CT molecular complexity index is 898. The number of benzene rings is 1. The number of rotatable bonds is 3. The number of carbonyl (C=O) groups is 1. The highest BCUT2D eigenvalue weighted by molar-refractivity contribution is 7.12. The number of hydrogen-bond donors (Lipinski definition) is 1. The molecule has 3 rings (SSSR count). The zero-order valence-corrected chi connectivity index (χ0v) is 12.9. The molecule has 0 radical (unpaired) electrons. The van der Waals surface area contributed by atoms with E-state index in [1.54, 1.807) is 25.1 Å². The average Bonchev–Trinajstić information content (AvgIpc) is 2.93. The Morgan fingerprint density at radius 1 is 1.32 bits per heavy atom. The Labute approximate surface area is 130 Å². The molecule has 0 saturated carbocycles. The van der Waals surface area contributed by atoms with Crippen LogP contribution in [0.15, 0.2) is 40.5 Å². The van der Waals surface area contributed by atoms with Gasteiger partial charge >= 0.3 is 5.97 Å². The molecule has 0 spiro atoms. The van der Waals surface area contributed by atoms with Crippen LogP contribution in [0.4, 0.5) is 0 Å². The molecular weight excluding hydrogens is 300 g/mol. The normalized spacial score (nSPS) is 12.3. The lowest BCUT2D eigenvalue weighted by atomic mass is 10.2. The van der Waals surface area contributed by atoms with Crippen LogP contribution in [0, 0.1) is 6.92 Å². The summed E-state index contributed by atoms with van der Waals surface area (Å²) in [6.07, 6.45) is -0.633. The lowest BCUT2D eigenvalue weighted by Gasteiger charge is -2.12. The maximum atomic E-state index is 12.1. The van der Waals surface area contributed by atoms with Gasteiger partial charge in [-0.15, -0.1) is 11.3 Å². The molecule has 1 N–H and O–H groups in total. The first kappa shape index (κ1) is 14.5. The van der Waals surface area contributed by atoms with Crippen LogP contribution in [0.3, 0.4) is 0 Å². The first-order valence-electron chi connectivity index (χ1n) is 6.80. The second-order valence-electron chi connectivity index (χ2n) is 4.95. The molecule has 0 aliphatic heterocycles. The highest BCUT2D eigenvalue weighted by atomic mass is 32.1. The molecule has 22 heavy (non-hydrogen) atoms. The number of nitrogens with zero attached hydrogens (tertiary/aromatic N) is 1. The summed E-state index contributed by atoms with van der Waals surface area (Å²) in [5.41, 5.74) is 1.22. The predicted octanol–water partition coefficient (Wildman–Crippen LogP) is 3.21. The van der Waals surface area contributed by atoms with Gasteiger partial charge in [0.2, 0.25) is 0 Å². The maximum absolute atomic E-state index is 12.1. The predicted molar refractivity (Wildman–Crippen MR) is 85.3 cm³/mol. The Morgan fingerprint density at radius 2 is 2.09 bits per heavy atom. The molecule has 1 unspecified atom stereocenters. The molecule has 0 fully saturated rings. The number of H-pyrrole nitrogens is 1. The van der Waals surface area contributed by atoms with Crippen molar-refractivity contribution in [2.24, 2.45) is 0 Å². The molecule has 6 heteroatoms. The van der Waals surface area contributed by atoms with Gasteiger partial charge in [0.15, 0.2) is 11.9 Å². The second kappa shape index (κ2) is 5.73. The standard InChI is InChI=1S/C16H14N2O3S/c1-9-7-8-22-13(9)16(20)21-10(2)14-17-12-6-4-3-5-11(12)15(19)18-14/h3-8,10H,1-2H3,(H,17,18,19). The summed E-state index contributed by atoms with van der Waals surface area (Å²) in [6, 6.07) is 8.91. The van der Waals surface area contributed by atoms with E-state index < -0.39 is 12.1 Å². The van der Waals surface area contributed by atoms with Gasteiger partial charge in [0.25, 0.3) is 5.56 Å². The first-order chi connectivity index (χ1) is 10.6. The minimum absolute atomic E-state index is 0.240. The van der Waals surface area contributed by atoms with Crippen molar-refractivity contribution in [3.05, 3.63) is 62.3 Å². The van der Waals surface area contributed by atoms with Crippen LogP contribution < -0.4 is 5.56 Å². The Hall–Kier alpha value is -2.47. The van der Waals surface area contributed by atoms with E-state index in [0.717, 1.165) is 5.56 Å². The van der Waals surface area contributed by atoms with Crippen molar-refractivity contribution in [3.63, 3.8) is 0 Å². The van der Waals surface area contributed by atoms with Crippen LogP contribution in [0.5, 0.6) is 0 Å². The number of para-hydroxylation sites is 1. The van der Waals surface area contributed by atoms with Crippen LogP contribution in [0.25, 0.3) is 10.9 Å². The Morgan fingerprint density at radius 3 is 2.82 bits per heavy atom. The van der Waals surface area contributed by atoms with Gasteiger partial charge in [-0.2, -0.15) is 0 Å². The minimum atomic E-state index is -0.633. The van der Waals surface area contributed by atoms with Gasteiger partial charge in [0.1, 0.15) is 4.88 Å². The van der Waals surface area contributed by atoms with Crippen LogP contribution in [0.2, 0.25) is 0 Å². The maximum Gasteiger partial charge on any atom is 0.349 e. The third-order valence-corrected chi connectivity index (χ3v) is 4.34. The number of hydrogen-bond acceptors (Lipinski definition) is 5. The fourth-order valence-electron chi connectivity index (χ4n) is 2.15. The van der Waals surface area contributed by atoms with Crippen molar-refractivity contribution < 1.29 is 9.53 Å².